The minimum Gasteiger partial charge on any atom is -0.497 e. The minimum absolute atomic E-state index is 0.0261. The fraction of sp³-hybridized carbons (Fsp3) is 0.200. The van der Waals surface area contributed by atoms with Crippen molar-refractivity contribution >= 4 is 27.6 Å². The van der Waals surface area contributed by atoms with E-state index in [0.717, 1.165) is 11.1 Å². The van der Waals surface area contributed by atoms with E-state index in [1.165, 1.54) is 18.2 Å². The van der Waals surface area contributed by atoms with Gasteiger partial charge < -0.3 is 14.8 Å². The summed E-state index contributed by atoms with van der Waals surface area (Å²) in [6, 6.07) is 18.3. The molecule has 0 atom stereocenters. The maximum atomic E-state index is 12.9. The Morgan fingerprint density at radius 3 is 2.35 bits per heavy atom. The number of amides is 1. The number of hydrogen-bond donors (Lipinski definition) is 2. The van der Waals surface area contributed by atoms with E-state index in [0.29, 0.717) is 17.0 Å². The quantitative estimate of drug-likeness (QED) is 0.451. The second-order valence-electron chi connectivity index (χ2n) is 7.66. The van der Waals surface area contributed by atoms with Crippen LogP contribution in [0.15, 0.2) is 71.6 Å². The van der Waals surface area contributed by atoms with E-state index in [1.807, 2.05) is 25.1 Å². The molecule has 0 radical (unpaired) electrons. The van der Waals surface area contributed by atoms with E-state index in [1.54, 1.807) is 44.4 Å². The highest BCUT2D eigenvalue weighted by atomic mass is 32.2. The average Bonchev–Trinajstić information content (AvgIpc) is 2.81. The van der Waals surface area contributed by atoms with Crippen LogP contribution in [0.4, 0.5) is 5.69 Å². The highest BCUT2D eigenvalue weighted by Crippen LogP contribution is 2.22. The Balaban J connectivity index is 1.61. The Bertz CT molecular complexity index is 1290. The lowest BCUT2D eigenvalue weighted by Gasteiger charge is -2.12. The third-order valence-electron chi connectivity index (χ3n) is 4.97. The van der Waals surface area contributed by atoms with Crippen LogP contribution in [0.5, 0.6) is 5.75 Å². The summed E-state index contributed by atoms with van der Waals surface area (Å²) < 4.78 is 38.5. The molecule has 2 N–H and O–H groups in total. The van der Waals surface area contributed by atoms with Gasteiger partial charge in [-0.05, 0) is 66.9 Å². The van der Waals surface area contributed by atoms with Crippen LogP contribution in [0.3, 0.4) is 0 Å². The molecule has 0 aliphatic heterocycles. The summed E-state index contributed by atoms with van der Waals surface area (Å²) in [5.74, 6) is -0.575. The number of anilines is 1. The summed E-state index contributed by atoms with van der Waals surface area (Å²) in [5.41, 5.74) is 2.67. The Morgan fingerprint density at radius 1 is 0.941 bits per heavy atom. The topological polar surface area (TPSA) is 111 Å². The molecule has 0 bridgehead atoms. The maximum Gasteiger partial charge on any atom is 0.338 e. The predicted octanol–water partition coefficient (Wildman–Crippen LogP) is 3.59. The Labute approximate surface area is 199 Å². The standard InChI is InChI=1S/C25H26N2O6S/c1-17-5-4-6-21(13-17)27-34(30,31)23-14-20(10-7-18(23)2)25(29)33-16-24(28)26-15-19-8-11-22(32-3)12-9-19/h4-14,27H,15-16H2,1-3H3,(H,26,28). The summed E-state index contributed by atoms with van der Waals surface area (Å²) in [5, 5.41) is 2.66. The van der Waals surface area contributed by atoms with Crippen LogP contribution in [0.1, 0.15) is 27.0 Å². The number of ether oxygens (including phenoxy) is 2. The molecule has 0 unspecified atom stereocenters. The zero-order valence-electron chi connectivity index (χ0n) is 19.1. The lowest BCUT2D eigenvalue weighted by molar-refractivity contribution is -0.124. The molecule has 178 valence electrons. The lowest BCUT2D eigenvalue weighted by atomic mass is 10.1. The number of benzene rings is 3. The highest BCUT2D eigenvalue weighted by molar-refractivity contribution is 7.92. The molecule has 9 heteroatoms. The molecular formula is C25H26N2O6S. The maximum absolute atomic E-state index is 12.9. The molecule has 1 amide bonds. The average molecular weight is 483 g/mol. The number of rotatable bonds is 9. The number of nitrogens with one attached hydrogen (secondary N) is 2. The normalized spacial score (nSPS) is 10.9. The summed E-state index contributed by atoms with van der Waals surface area (Å²) in [4.78, 5) is 24.5. The van der Waals surface area contributed by atoms with Crippen LogP contribution in [0, 0.1) is 13.8 Å². The molecular weight excluding hydrogens is 456 g/mol. The molecule has 0 spiro atoms. The van der Waals surface area contributed by atoms with Gasteiger partial charge in [0.25, 0.3) is 15.9 Å². The second-order valence-corrected chi connectivity index (χ2v) is 9.31. The van der Waals surface area contributed by atoms with Gasteiger partial charge >= 0.3 is 5.97 Å². The van der Waals surface area contributed by atoms with E-state index < -0.39 is 28.5 Å². The molecule has 0 heterocycles. The third-order valence-corrected chi connectivity index (χ3v) is 6.49. The molecule has 0 saturated carbocycles. The number of carbonyl (C=O) groups is 2. The van der Waals surface area contributed by atoms with Gasteiger partial charge in [-0.15, -0.1) is 0 Å². The number of hydrogen-bond acceptors (Lipinski definition) is 6. The largest absolute Gasteiger partial charge is 0.497 e. The number of methoxy groups -OCH3 is 1. The SMILES string of the molecule is COc1ccc(CNC(=O)COC(=O)c2ccc(C)c(S(=O)(=O)Nc3cccc(C)c3)c2)cc1. The predicted molar refractivity (Wildman–Crippen MR) is 128 cm³/mol. The number of aryl methyl sites for hydroxylation is 2. The molecule has 0 fully saturated rings. The van der Waals surface area contributed by atoms with Crippen molar-refractivity contribution in [2.75, 3.05) is 18.4 Å². The van der Waals surface area contributed by atoms with E-state index in [9.17, 15) is 18.0 Å². The van der Waals surface area contributed by atoms with Crippen LogP contribution in [-0.2, 0) is 26.1 Å². The Kier molecular flexibility index (Phi) is 7.91. The van der Waals surface area contributed by atoms with E-state index in [-0.39, 0.29) is 17.0 Å². The van der Waals surface area contributed by atoms with Crippen molar-refractivity contribution in [3.63, 3.8) is 0 Å². The van der Waals surface area contributed by atoms with Crippen molar-refractivity contribution in [3.05, 3.63) is 89.0 Å². The van der Waals surface area contributed by atoms with Gasteiger partial charge in [0.1, 0.15) is 5.75 Å². The van der Waals surface area contributed by atoms with Gasteiger partial charge in [-0.2, -0.15) is 0 Å². The fourth-order valence-corrected chi connectivity index (χ4v) is 4.47. The van der Waals surface area contributed by atoms with Gasteiger partial charge in [0.05, 0.1) is 17.6 Å². The van der Waals surface area contributed by atoms with Crippen molar-refractivity contribution in [3.8, 4) is 5.75 Å². The third kappa shape index (κ3) is 6.58. The smallest absolute Gasteiger partial charge is 0.338 e. The summed E-state index contributed by atoms with van der Waals surface area (Å²) in [6.45, 7) is 3.25. The molecule has 0 saturated heterocycles. The van der Waals surface area contributed by atoms with Crippen molar-refractivity contribution in [2.45, 2.75) is 25.3 Å². The zero-order valence-corrected chi connectivity index (χ0v) is 19.9. The molecule has 34 heavy (non-hydrogen) atoms. The molecule has 3 aromatic rings. The van der Waals surface area contributed by atoms with Crippen LogP contribution in [0.2, 0.25) is 0 Å². The van der Waals surface area contributed by atoms with Gasteiger partial charge in [0.2, 0.25) is 0 Å². The first kappa shape index (κ1) is 24.8. The summed E-state index contributed by atoms with van der Waals surface area (Å²) >= 11 is 0. The fourth-order valence-electron chi connectivity index (χ4n) is 3.14. The van der Waals surface area contributed by atoms with Gasteiger partial charge in [-0.1, -0.05) is 30.3 Å². The van der Waals surface area contributed by atoms with Crippen molar-refractivity contribution < 1.29 is 27.5 Å². The summed E-state index contributed by atoms with van der Waals surface area (Å²) in [7, 11) is -2.37. The lowest BCUT2D eigenvalue weighted by Crippen LogP contribution is -2.28. The molecule has 0 aliphatic carbocycles. The zero-order chi connectivity index (χ0) is 24.7. The number of esters is 1. The first-order valence-electron chi connectivity index (χ1n) is 10.4. The first-order chi connectivity index (χ1) is 16.2. The van der Waals surface area contributed by atoms with Crippen molar-refractivity contribution in [1.29, 1.82) is 0 Å². The molecule has 0 aromatic heterocycles. The summed E-state index contributed by atoms with van der Waals surface area (Å²) in [6.07, 6.45) is 0. The van der Waals surface area contributed by atoms with Gasteiger partial charge in [-0.25, -0.2) is 13.2 Å². The highest BCUT2D eigenvalue weighted by Gasteiger charge is 2.20. The first-order valence-corrected chi connectivity index (χ1v) is 11.9. The van der Waals surface area contributed by atoms with Crippen LogP contribution in [-0.4, -0.2) is 34.0 Å². The monoisotopic (exact) mass is 482 g/mol. The van der Waals surface area contributed by atoms with Gasteiger partial charge in [-0.3, -0.25) is 9.52 Å². The van der Waals surface area contributed by atoms with Gasteiger partial charge in [0.15, 0.2) is 6.61 Å². The van der Waals surface area contributed by atoms with E-state index >= 15 is 0 Å². The molecule has 3 aromatic carbocycles. The number of carbonyl (C=O) groups excluding carboxylic acids is 2. The Hall–Kier alpha value is -3.85. The molecule has 0 aliphatic rings. The van der Waals surface area contributed by atoms with Crippen LogP contribution >= 0.6 is 0 Å². The van der Waals surface area contributed by atoms with E-state index in [4.69, 9.17) is 9.47 Å². The van der Waals surface area contributed by atoms with E-state index in [2.05, 4.69) is 10.0 Å². The number of sulfonamides is 1. The Morgan fingerprint density at radius 2 is 1.68 bits per heavy atom. The molecule has 3 rings (SSSR count). The van der Waals surface area contributed by atoms with Crippen molar-refractivity contribution in [1.82, 2.24) is 5.32 Å². The second kappa shape index (κ2) is 10.8. The molecule has 8 nitrogen and oxygen atoms in total. The van der Waals surface area contributed by atoms with Crippen molar-refractivity contribution in [2.24, 2.45) is 0 Å². The van der Waals surface area contributed by atoms with Gasteiger partial charge in [0, 0.05) is 12.2 Å². The minimum atomic E-state index is -3.94. The van der Waals surface area contributed by atoms with Crippen LogP contribution < -0.4 is 14.8 Å². The van der Waals surface area contributed by atoms with Crippen LogP contribution in [0.25, 0.3) is 0 Å².